The predicted molar refractivity (Wildman–Crippen MR) is 55.6 cm³/mol. The molecule has 2 unspecified atom stereocenters. The molecule has 0 saturated heterocycles. The van der Waals surface area contributed by atoms with Gasteiger partial charge in [-0.25, -0.2) is 0 Å². The Morgan fingerprint density at radius 1 is 1.08 bits per heavy atom. The van der Waals surface area contributed by atoms with E-state index in [4.69, 9.17) is 5.73 Å². The molecular formula is C11H22N2. The van der Waals surface area contributed by atoms with Gasteiger partial charge in [0.2, 0.25) is 0 Å². The van der Waals surface area contributed by atoms with Crippen molar-refractivity contribution in [2.24, 2.45) is 11.7 Å². The topological polar surface area (TPSA) is 38.0 Å². The van der Waals surface area contributed by atoms with Crippen LogP contribution >= 0.6 is 0 Å². The van der Waals surface area contributed by atoms with Crippen LogP contribution in [0.5, 0.6) is 0 Å². The van der Waals surface area contributed by atoms with Crippen LogP contribution in [-0.4, -0.2) is 18.6 Å². The van der Waals surface area contributed by atoms with Gasteiger partial charge in [-0.1, -0.05) is 25.7 Å². The Kier molecular flexibility index (Phi) is 3.23. The lowest BCUT2D eigenvalue weighted by Crippen LogP contribution is -2.41. The maximum absolute atomic E-state index is 5.98. The second kappa shape index (κ2) is 4.43. The van der Waals surface area contributed by atoms with Crippen molar-refractivity contribution in [2.45, 2.75) is 57.0 Å². The standard InChI is InChI=1S/C11H22N2/c12-10-5-2-6-11(10)13-8-7-9-3-1-4-9/h9-11,13H,1-8,12H2. The quantitative estimate of drug-likeness (QED) is 0.693. The van der Waals surface area contributed by atoms with Crippen LogP contribution in [0.1, 0.15) is 44.9 Å². The van der Waals surface area contributed by atoms with Crippen molar-refractivity contribution in [1.29, 1.82) is 0 Å². The molecule has 0 spiro atoms. The van der Waals surface area contributed by atoms with Crippen LogP contribution in [0.25, 0.3) is 0 Å². The highest BCUT2D eigenvalue weighted by molar-refractivity contribution is 4.86. The molecule has 2 saturated carbocycles. The minimum absolute atomic E-state index is 0.432. The van der Waals surface area contributed by atoms with Crippen LogP contribution in [-0.2, 0) is 0 Å². The summed E-state index contributed by atoms with van der Waals surface area (Å²) in [6, 6.07) is 1.06. The summed E-state index contributed by atoms with van der Waals surface area (Å²) >= 11 is 0. The fraction of sp³-hybridized carbons (Fsp3) is 1.00. The number of nitrogens with two attached hydrogens (primary N) is 1. The van der Waals surface area contributed by atoms with Crippen LogP contribution < -0.4 is 11.1 Å². The van der Waals surface area contributed by atoms with Gasteiger partial charge in [0.25, 0.3) is 0 Å². The SMILES string of the molecule is NC1CCCC1NCCC1CCC1. The van der Waals surface area contributed by atoms with E-state index in [0.717, 1.165) is 5.92 Å². The average Bonchev–Trinajstić information content (AvgIpc) is 2.42. The Morgan fingerprint density at radius 3 is 2.38 bits per heavy atom. The van der Waals surface area contributed by atoms with Crippen LogP contribution in [0, 0.1) is 5.92 Å². The molecule has 2 aliphatic carbocycles. The molecule has 0 heterocycles. The molecule has 0 aromatic rings. The molecule has 0 aromatic carbocycles. The number of nitrogens with one attached hydrogen (secondary N) is 1. The van der Waals surface area contributed by atoms with Crippen molar-refractivity contribution < 1.29 is 0 Å². The third-order valence-corrected chi connectivity index (χ3v) is 3.75. The van der Waals surface area contributed by atoms with Gasteiger partial charge in [0.05, 0.1) is 0 Å². The van der Waals surface area contributed by atoms with Gasteiger partial charge in [-0.2, -0.15) is 0 Å². The predicted octanol–water partition coefficient (Wildman–Crippen LogP) is 1.65. The monoisotopic (exact) mass is 182 g/mol. The first-order valence-electron chi connectivity index (χ1n) is 5.85. The molecule has 2 fully saturated rings. The van der Waals surface area contributed by atoms with Crippen LogP contribution in [0.15, 0.2) is 0 Å². The van der Waals surface area contributed by atoms with Crippen LogP contribution in [0.3, 0.4) is 0 Å². The fourth-order valence-electron chi connectivity index (χ4n) is 2.50. The van der Waals surface area contributed by atoms with Crippen LogP contribution in [0.4, 0.5) is 0 Å². The lowest BCUT2D eigenvalue weighted by molar-refractivity contribution is 0.285. The molecule has 2 aliphatic rings. The first-order chi connectivity index (χ1) is 6.36. The molecule has 2 nitrogen and oxygen atoms in total. The highest BCUT2D eigenvalue weighted by Gasteiger charge is 2.23. The maximum Gasteiger partial charge on any atom is 0.0219 e. The minimum Gasteiger partial charge on any atom is -0.326 e. The Morgan fingerprint density at radius 2 is 1.85 bits per heavy atom. The van der Waals surface area contributed by atoms with Gasteiger partial charge < -0.3 is 11.1 Å². The third-order valence-electron chi connectivity index (χ3n) is 3.75. The summed E-state index contributed by atoms with van der Waals surface area (Å²) in [5.41, 5.74) is 5.98. The molecule has 0 aliphatic heterocycles. The Hall–Kier alpha value is -0.0800. The van der Waals surface area contributed by atoms with Crippen molar-refractivity contribution >= 4 is 0 Å². The minimum atomic E-state index is 0.432. The number of hydrogen-bond acceptors (Lipinski definition) is 2. The van der Waals surface area contributed by atoms with Gasteiger partial charge >= 0.3 is 0 Å². The van der Waals surface area contributed by atoms with E-state index in [1.807, 2.05) is 0 Å². The molecule has 0 bridgehead atoms. The van der Waals surface area contributed by atoms with E-state index >= 15 is 0 Å². The van der Waals surface area contributed by atoms with Crippen molar-refractivity contribution in [3.63, 3.8) is 0 Å². The van der Waals surface area contributed by atoms with E-state index in [1.165, 1.54) is 51.5 Å². The first kappa shape index (κ1) is 9.47. The van der Waals surface area contributed by atoms with Crippen molar-refractivity contribution in [1.82, 2.24) is 5.32 Å². The second-order valence-electron chi connectivity index (χ2n) is 4.74. The highest BCUT2D eigenvalue weighted by atomic mass is 15.0. The van der Waals surface area contributed by atoms with E-state index in [-0.39, 0.29) is 0 Å². The van der Waals surface area contributed by atoms with Gasteiger partial charge in [0.1, 0.15) is 0 Å². The molecule has 13 heavy (non-hydrogen) atoms. The van der Waals surface area contributed by atoms with E-state index in [2.05, 4.69) is 5.32 Å². The Balaban J connectivity index is 1.56. The Labute approximate surface area is 81.3 Å². The van der Waals surface area contributed by atoms with E-state index < -0.39 is 0 Å². The largest absolute Gasteiger partial charge is 0.326 e. The normalized spacial score (nSPS) is 34.8. The number of rotatable bonds is 4. The summed E-state index contributed by atoms with van der Waals surface area (Å²) in [7, 11) is 0. The lowest BCUT2D eigenvalue weighted by atomic mass is 9.83. The van der Waals surface area contributed by atoms with Crippen molar-refractivity contribution in [3.05, 3.63) is 0 Å². The molecule has 0 radical (unpaired) electrons. The molecule has 2 atom stereocenters. The molecule has 2 heteroatoms. The fourth-order valence-corrected chi connectivity index (χ4v) is 2.50. The number of hydrogen-bond donors (Lipinski definition) is 2. The summed E-state index contributed by atoms with van der Waals surface area (Å²) in [5, 5.41) is 3.61. The molecule has 2 rings (SSSR count). The summed E-state index contributed by atoms with van der Waals surface area (Å²) in [5.74, 6) is 1.03. The zero-order valence-electron chi connectivity index (χ0n) is 8.47. The Bertz CT molecular complexity index is 154. The van der Waals surface area contributed by atoms with Gasteiger partial charge in [-0.3, -0.25) is 0 Å². The first-order valence-corrected chi connectivity index (χ1v) is 5.85. The van der Waals surface area contributed by atoms with Gasteiger partial charge in [0.15, 0.2) is 0 Å². The lowest BCUT2D eigenvalue weighted by Gasteiger charge is -2.26. The molecule has 0 aromatic heterocycles. The van der Waals surface area contributed by atoms with Crippen LogP contribution in [0.2, 0.25) is 0 Å². The van der Waals surface area contributed by atoms with Crippen molar-refractivity contribution in [3.8, 4) is 0 Å². The van der Waals surface area contributed by atoms with Crippen molar-refractivity contribution in [2.75, 3.05) is 6.54 Å². The summed E-state index contributed by atoms with van der Waals surface area (Å²) in [6.45, 7) is 1.20. The zero-order valence-corrected chi connectivity index (χ0v) is 8.47. The summed E-state index contributed by atoms with van der Waals surface area (Å²) in [6.07, 6.45) is 9.63. The van der Waals surface area contributed by atoms with E-state index in [0.29, 0.717) is 12.1 Å². The molecule has 0 amide bonds. The zero-order chi connectivity index (χ0) is 9.10. The molecular weight excluding hydrogens is 160 g/mol. The highest BCUT2D eigenvalue weighted by Crippen LogP contribution is 2.29. The average molecular weight is 182 g/mol. The van der Waals surface area contributed by atoms with Gasteiger partial charge in [-0.15, -0.1) is 0 Å². The van der Waals surface area contributed by atoms with E-state index in [1.54, 1.807) is 0 Å². The summed E-state index contributed by atoms with van der Waals surface area (Å²) < 4.78 is 0. The van der Waals surface area contributed by atoms with Gasteiger partial charge in [0, 0.05) is 12.1 Å². The molecule has 3 N–H and O–H groups in total. The summed E-state index contributed by atoms with van der Waals surface area (Å²) in [4.78, 5) is 0. The maximum atomic E-state index is 5.98. The third kappa shape index (κ3) is 2.44. The molecule has 76 valence electrons. The smallest absolute Gasteiger partial charge is 0.0219 e. The van der Waals surface area contributed by atoms with Gasteiger partial charge in [-0.05, 0) is 31.7 Å². The second-order valence-corrected chi connectivity index (χ2v) is 4.74. The van der Waals surface area contributed by atoms with E-state index in [9.17, 15) is 0 Å².